The van der Waals surface area contributed by atoms with E-state index in [1.54, 1.807) is 0 Å². The summed E-state index contributed by atoms with van der Waals surface area (Å²) in [5, 5.41) is 0. The highest BCUT2D eigenvalue weighted by atomic mass is 32.2. The fourth-order valence-corrected chi connectivity index (χ4v) is 2.78. The molecule has 0 aliphatic carbocycles. The second-order valence-corrected chi connectivity index (χ2v) is 8.17. The van der Waals surface area contributed by atoms with Crippen LogP contribution in [0.4, 0.5) is 11.4 Å². The summed E-state index contributed by atoms with van der Waals surface area (Å²) >= 11 is -2.63. The van der Waals surface area contributed by atoms with Crippen molar-refractivity contribution < 1.29 is 25.6 Å². The Labute approximate surface area is 113 Å². The molecule has 19 heavy (non-hydrogen) atoms. The van der Waals surface area contributed by atoms with Gasteiger partial charge in [0.1, 0.15) is 0 Å². The van der Waals surface area contributed by atoms with E-state index in [0.717, 1.165) is 24.6 Å². The Morgan fingerprint density at radius 3 is 1.58 bits per heavy atom. The van der Waals surface area contributed by atoms with E-state index in [-0.39, 0.29) is 16.3 Å². The zero-order valence-electron chi connectivity index (χ0n) is 9.91. The number of anilines is 2. The van der Waals surface area contributed by atoms with Crippen molar-refractivity contribution >= 4 is 42.5 Å². The lowest BCUT2D eigenvalue weighted by atomic mass is 10.3. The first-order valence-corrected chi connectivity index (χ1v) is 9.52. The van der Waals surface area contributed by atoms with Crippen LogP contribution in [0, 0.1) is 0 Å². The van der Waals surface area contributed by atoms with E-state index in [0.29, 0.717) is 0 Å². The average molecular weight is 327 g/mol. The van der Waals surface area contributed by atoms with Gasteiger partial charge in [0.25, 0.3) is 0 Å². The number of rotatable bonds is 5. The molecular formula is C8H11N2O6S3-. The molecule has 0 aromatic heterocycles. The van der Waals surface area contributed by atoms with E-state index in [1.165, 1.54) is 6.07 Å². The normalized spacial score (nSPS) is 13.8. The minimum Gasteiger partial charge on any atom is -0.768 e. The zero-order valence-corrected chi connectivity index (χ0v) is 12.4. The molecule has 0 spiro atoms. The van der Waals surface area contributed by atoms with E-state index >= 15 is 0 Å². The van der Waals surface area contributed by atoms with Crippen molar-refractivity contribution in [2.75, 3.05) is 22.0 Å². The zero-order chi connectivity index (χ0) is 14.8. The van der Waals surface area contributed by atoms with Gasteiger partial charge in [-0.3, -0.25) is 13.7 Å². The number of hydrogen-bond donors (Lipinski definition) is 2. The van der Waals surface area contributed by atoms with Crippen LogP contribution in [-0.2, 0) is 31.1 Å². The van der Waals surface area contributed by atoms with Crippen LogP contribution in [0.15, 0.2) is 23.1 Å². The third kappa shape index (κ3) is 6.00. The number of sulfonamides is 2. The lowest BCUT2D eigenvalue weighted by Gasteiger charge is -2.12. The predicted octanol–water partition coefficient (Wildman–Crippen LogP) is -0.332. The Balaban J connectivity index is 3.29. The first kappa shape index (κ1) is 15.9. The van der Waals surface area contributed by atoms with Gasteiger partial charge in [-0.1, -0.05) is 0 Å². The van der Waals surface area contributed by atoms with Gasteiger partial charge in [0, 0.05) is 4.90 Å². The van der Waals surface area contributed by atoms with E-state index in [9.17, 15) is 25.6 Å². The smallest absolute Gasteiger partial charge is 0.229 e. The fraction of sp³-hybridized carbons (Fsp3) is 0.250. The van der Waals surface area contributed by atoms with E-state index in [4.69, 9.17) is 0 Å². The van der Waals surface area contributed by atoms with Crippen molar-refractivity contribution in [3.8, 4) is 0 Å². The quantitative estimate of drug-likeness (QED) is 0.711. The SMILES string of the molecule is CS(=O)(=O)Nc1cc(NS(C)(=O)=O)cc(S(=O)[O-])c1. The van der Waals surface area contributed by atoms with Crippen LogP contribution in [0.3, 0.4) is 0 Å². The summed E-state index contributed by atoms with van der Waals surface area (Å²) < 4.78 is 70.2. The Morgan fingerprint density at radius 2 is 1.32 bits per heavy atom. The van der Waals surface area contributed by atoms with Gasteiger partial charge in [0.15, 0.2) is 0 Å². The average Bonchev–Trinajstić information content (AvgIpc) is 2.10. The molecule has 0 amide bonds. The summed E-state index contributed by atoms with van der Waals surface area (Å²) in [5.41, 5.74) is -0.120. The lowest BCUT2D eigenvalue weighted by Crippen LogP contribution is -2.12. The third-order valence-corrected chi connectivity index (χ3v) is 3.54. The van der Waals surface area contributed by atoms with Gasteiger partial charge >= 0.3 is 0 Å². The molecule has 0 fully saturated rings. The van der Waals surface area contributed by atoms with Crippen molar-refractivity contribution in [3.05, 3.63) is 18.2 Å². The molecule has 0 aliphatic heterocycles. The van der Waals surface area contributed by atoms with Crippen molar-refractivity contribution in [1.82, 2.24) is 0 Å². The standard InChI is InChI=1S/C8H12N2O6S3/c1-18(13,14)9-6-3-7(10-19(2,15)16)5-8(4-6)17(11)12/h3-5,9-10H,1-2H3,(H,11,12)/p-1. The van der Waals surface area contributed by atoms with Crippen molar-refractivity contribution in [2.45, 2.75) is 4.90 Å². The molecular weight excluding hydrogens is 316 g/mol. The maximum absolute atomic E-state index is 11.1. The number of hydrogen-bond acceptors (Lipinski definition) is 6. The first-order valence-electron chi connectivity index (χ1n) is 4.66. The molecule has 1 atom stereocenters. The minimum absolute atomic E-state index is 0.0599. The van der Waals surface area contributed by atoms with Gasteiger partial charge < -0.3 is 4.55 Å². The lowest BCUT2D eigenvalue weighted by molar-refractivity contribution is 0.537. The van der Waals surface area contributed by atoms with Crippen LogP contribution in [0.1, 0.15) is 0 Å². The van der Waals surface area contributed by atoms with Crippen LogP contribution in [-0.4, -0.2) is 38.1 Å². The molecule has 0 radical (unpaired) electrons. The van der Waals surface area contributed by atoms with E-state index in [1.807, 2.05) is 0 Å². The van der Waals surface area contributed by atoms with Gasteiger partial charge in [-0.2, -0.15) is 0 Å². The van der Waals surface area contributed by atoms with Crippen LogP contribution < -0.4 is 9.44 Å². The molecule has 11 heteroatoms. The van der Waals surface area contributed by atoms with Crippen molar-refractivity contribution in [3.63, 3.8) is 0 Å². The molecule has 0 aliphatic rings. The topological polar surface area (TPSA) is 132 Å². The van der Waals surface area contributed by atoms with E-state index < -0.39 is 31.1 Å². The molecule has 108 valence electrons. The maximum Gasteiger partial charge on any atom is 0.229 e. The summed E-state index contributed by atoms with van der Waals surface area (Å²) in [5.74, 6) is 0. The fourth-order valence-electron chi connectivity index (χ4n) is 1.24. The molecule has 2 N–H and O–H groups in total. The molecule has 0 bridgehead atoms. The Kier molecular flexibility index (Phi) is 4.55. The maximum atomic E-state index is 11.1. The third-order valence-electron chi connectivity index (χ3n) is 1.71. The summed E-state index contributed by atoms with van der Waals surface area (Å²) in [7, 11) is -7.22. The van der Waals surface area contributed by atoms with Gasteiger partial charge in [-0.25, -0.2) is 16.8 Å². The first-order chi connectivity index (χ1) is 8.46. The highest BCUT2D eigenvalue weighted by Gasteiger charge is 2.09. The second kappa shape index (κ2) is 5.45. The molecule has 0 saturated heterocycles. The Morgan fingerprint density at radius 1 is 0.947 bits per heavy atom. The van der Waals surface area contributed by atoms with Crippen LogP contribution in [0.2, 0.25) is 0 Å². The molecule has 1 aromatic rings. The minimum atomic E-state index is -3.61. The van der Waals surface area contributed by atoms with Gasteiger partial charge in [-0.15, -0.1) is 0 Å². The Bertz CT molecular complexity index is 658. The predicted molar refractivity (Wildman–Crippen MR) is 70.6 cm³/mol. The highest BCUT2D eigenvalue weighted by molar-refractivity contribution is 7.92. The Hall–Kier alpha value is -1.17. The van der Waals surface area contributed by atoms with Crippen LogP contribution in [0.5, 0.6) is 0 Å². The number of benzene rings is 1. The molecule has 1 aromatic carbocycles. The summed E-state index contributed by atoms with van der Waals surface area (Å²) in [6, 6.07) is 3.30. The largest absolute Gasteiger partial charge is 0.768 e. The van der Waals surface area contributed by atoms with E-state index in [2.05, 4.69) is 9.44 Å². The second-order valence-electron chi connectivity index (χ2n) is 3.73. The summed E-state index contributed by atoms with van der Waals surface area (Å²) in [4.78, 5) is -0.250. The molecule has 0 heterocycles. The highest BCUT2D eigenvalue weighted by Crippen LogP contribution is 2.22. The van der Waals surface area contributed by atoms with Gasteiger partial charge in [-0.05, 0) is 29.3 Å². The van der Waals surface area contributed by atoms with Crippen LogP contribution in [0.25, 0.3) is 0 Å². The molecule has 1 unspecified atom stereocenters. The van der Waals surface area contributed by atoms with Crippen molar-refractivity contribution in [1.29, 1.82) is 0 Å². The monoisotopic (exact) mass is 327 g/mol. The van der Waals surface area contributed by atoms with Crippen molar-refractivity contribution in [2.24, 2.45) is 0 Å². The molecule has 0 saturated carbocycles. The number of nitrogens with one attached hydrogen (secondary N) is 2. The molecule has 8 nitrogen and oxygen atoms in total. The van der Waals surface area contributed by atoms with Crippen LogP contribution >= 0.6 is 0 Å². The summed E-state index contributed by atoms with van der Waals surface area (Å²) in [6.07, 6.45) is 1.77. The van der Waals surface area contributed by atoms with Gasteiger partial charge in [0.05, 0.1) is 23.9 Å². The molecule has 1 rings (SSSR count). The van der Waals surface area contributed by atoms with Gasteiger partial charge in [0.2, 0.25) is 20.0 Å². The summed E-state index contributed by atoms with van der Waals surface area (Å²) in [6.45, 7) is 0.